The smallest absolute Gasteiger partial charge is 0.323 e. The first kappa shape index (κ1) is 26.3. The molecule has 2 atom stereocenters. The van der Waals surface area contributed by atoms with Gasteiger partial charge >= 0.3 is 11.9 Å². The van der Waals surface area contributed by atoms with Crippen LogP contribution in [0.2, 0.25) is 0 Å². The number of hydrogen-bond acceptors (Lipinski definition) is 5. The van der Waals surface area contributed by atoms with E-state index in [1.54, 1.807) is 0 Å². The molecule has 0 aliphatic carbocycles. The van der Waals surface area contributed by atoms with Gasteiger partial charge < -0.3 is 21.3 Å². The van der Waals surface area contributed by atoms with Crippen LogP contribution in [0, 0.1) is 11.3 Å². The molecule has 0 fully saturated rings. The number of hydrogen-bond donors (Lipinski definition) is 3. The molecule has 0 bridgehead atoms. The van der Waals surface area contributed by atoms with E-state index in [-0.39, 0.29) is 11.4 Å². The van der Waals surface area contributed by atoms with E-state index >= 15 is 0 Å². The molecule has 0 radical (unpaired) electrons. The van der Waals surface area contributed by atoms with Gasteiger partial charge in [-0.05, 0) is 29.9 Å². The van der Waals surface area contributed by atoms with Crippen LogP contribution >= 0.6 is 0 Å². The fourth-order valence-corrected chi connectivity index (χ4v) is 2.44. The fraction of sp³-hybridized carbons (Fsp3) is 0.440. The van der Waals surface area contributed by atoms with E-state index in [4.69, 9.17) is 21.3 Å². The van der Waals surface area contributed by atoms with E-state index in [0.717, 1.165) is 11.1 Å². The summed E-state index contributed by atoms with van der Waals surface area (Å²) >= 11 is 0. The summed E-state index contributed by atoms with van der Waals surface area (Å²) in [5, 5.41) is 8.52. The van der Waals surface area contributed by atoms with E-state index in [1.807, 2.05) is 60.7 Å². The maximum atomic E-state index is 11.9. The molecule has 0 saturated carbocycles. The zero-order chi connectivity index (χ0) is 23.4. The van der Waals surface area contributed by atoms with Crippen LogP contribution in [0.3, 0.4) is 0 Å². The van der Waals surface area contributed by atoms with E-state index < -0.39 is 18.1 Å². The van der Waals surface area contributed by atoms with Crippen LogP contribution in [0.1, 0.15) is 38.8 Å². The number of ether oxygens (including phenoxy) is 1. The second-order valence-electron chi connectivity index (χ2n) is 8.68. The number of benzene rings is 2. The van der Waals surface area contributed by atoms with Crippen molar-refractivity contribution in [1.82, 2.24) is 0 Å². The Hall–Kier alpha value is -2.70. The van der Waals surface area contributed by atoms with E-state index in [1.165, 1.54) is 0 Å². The molecule has 0 aliphatic heterocycles. The summed E-state index contributed by atoms with van der Waals surface area (Å²) in [5.74, 6) is -0.831. The fourth-order valence-electron chi connectivity index (χ4n) is 2.44. The lowest BCUT2D eigenvalue weighted by Crippen LogP contribution is -2.37. The molecule has 0 spiro atoms. The van der Waals surface area contributed by atoms with Crippen LogP contribution in [0.15, 0.2) is 60.7 Å². The summed E-state index contributed by atoms with van der Waals surface area (Å²) in [6.07, 6.45) is 0.901. The Morgan fingerprint density at radius 3 is 1.68 bits per heavy atom. The molecule has 2 rings (SSSR count). The van der Waals surface area contributed by atoms with Crippen LogP contribution in [-0.2, 0) is 27.2 Å². The number of aliphatic carboxylic acids is 1. The van der Waals surface area contributed by atoms with Crippen molar-refractivity contribution in [3.63, 3.8) is 0 Å². The van der Waals surface area contributed by atoms with Gasteiger partial charge in [-0.2, -0.15) is 0 Å². The first-order chi connectivity index (χ1) is 14.5. The van der Waals surface area contributed by atoms with Crippen LogP contribution in [0.25, 0.3) is 0 Å². The average Bonchev–Trinajstić information content (AvgIpc) is 2.73. The molecule has 170 valence electrons. The zero-order valence-corrected chi connectivity index (χ0v) is 19.0. The minimum absolute atomic E-state index is 0.0257. The summed E-state index contributed by atoms with van der Waals surface area (Å²) in [5.41, 5.74) is 13.2. The summed E-state index contributed by atoms with van der Waals surface area (Å²) in [7, 11) is 0. The lowest BCUT2D eigenvalue weighted by molar-refractivity contribution is -0.149. The van der Waals surface area contributed by atoms with Gasteiger partial charge in [0.1, 0.15) is 12.1 Å². The molecule has 2 aromatic carbocycles. The molecule has 0 amide bonds. The Morgan fingerprint density at radius 2 is 1.29 bits per heavy atom. The molecule has 5 N–H and O–H groups in total. The van der Waals surface area contributed by atoms with Crippen molar-refractivity contribution in [1.29, 1.82) is 0 Å². The maximum Gasteiger partial charge on any atom is 0.323 e. The Balaban J connectivity index is 0.000000343. The lowest BCUT2D eigenvalue weighted by atomic mass is 9.82. The molecule has 0 aromatic heterocycles. The summed E-state index contributed by atoms with van der Waals surface area (Å²) in [6, 6.07) is 17.7. The molecule has 2 unspecified atom stereocenters. The lowest BCUT2D eigenvalue weighted by Gasteiger charge is -2.29. The van der Waals surface area contributed by atoms with E-state index in [0.29, 0.717) is 25.4 Å². The van der Waals surface area contributed by atoms with Gasteiger partial charge in [0.25, 0.3) is 0 Å². The number of nitrogens with two attached hydrogens (primary N) is 2. The summed E-state index contributed by atoms with van der Waals surface area (Å²) < 4.78 is 5.34. The molecular weight excluding hydrogens is 392 g/mol. The van der Waals surface area contributed by atoms with E-state index in [9.17, 15) is 9.59 Å². The largest absolute Gasteiger partial charge is 0.480 e. The average molecular weight is 429 g/mol. The van der Waals surface area contributed by atoms with Crippen LogP contribution in [0.5, 0.6) is 0 Å². The highest BCUT2D eigenvalue weighted by Gasteiger charge is 2.26. The van der Waals surface area contributed by atoms with Crippen molar-refractivity contribution in [2.24, 2.45) is 22.8 Å². The number of carboxylic acids is 1. The predicted octanol–water partition coefficient (Wildman–Crippen LogP) is 3.42. The molecule has 0 aliphatic rings. The van der Waals surface area contributed by atoms with Crippen molar-refractivity contribution in [3.8, 4) is 0 Å². The SMILES string of the molecule is CC(C)C(C)(C)COC(=O)C(N)Cc1ccccc1.NC(Cc1ccccc1)C(=O)O. The number of carbonyl (C=O) groups excluding carboxylic acids is 1. The standard InChI is InChI=1S/C16H25NO2.C9H11NO2/c1-12(2)16(3,4)11-19-15(18)14(17)10-13-8-6-5-7-9-13;10-8(9(11)12)6-7-4-2-1-3-5-7/h5-9,12,14H,10-11,17H2,1-4H3;1-5,8H,6,10H2,(H,11,12). The minimum atomic E-state index is -0.959. The van der Waals surface area contributed by atoms with Gasteiger partial charge in [0.2, 0.25) is 0 Å². The highest BCUT2D eigenvalue weighted by molar-refractivity contribution is 5.76. The van der Waals surface area contributed by atoms with Crippen LogP contribution in [-0.4, -0.2) is 35.7 Å². The maximum absolute atomic E-state index is 11.9. The Morgan fingerprint density at radius 1 is 0.871 bits per heavy atom. The Bertz CT molecular complexity index is 792. The molecule has 31 heavy (non-hydrogen) atoms. The van der Waals surface area contributed by atoms with Gasteiger partial charge in [-0.3, -0.25) is 9.59 Å². The molecule has 6 heteroatoms. The third-order valence-corrected chi connectivity index (χ3v) is 5.37. The molecule has 0 saturated heterocycles. The first-order valence-corrected chi connectivity index (χ1v) is 10.5. The number of carbonyl (C=O) groups is 2. The second kappa shape index (κ2) is 12.9. The predicted molar refractivity (Wildman–Crippen MR) is 123 cm³/mol. The van der Waals surface area contributed by atoms with Crippen LogP contribution in [0.4, 0.5) is 0 Å². The van der Waals surface area contributed by atoms with Gasteiger partial charge in [-0.25, -0.2) is 0 Å². The van der Waals surface area contributed by atoms with Gasteiger partial charge in [0.15, 0.2) is 0 Å². The third kappa shape index (κ3) is 10.2. The van der Waals surface area contributed by atoms with Crippen molar-refractivity contribution >= 4 is 11.9 Å². The minimum Gasteiger partial charge on any atom is -0.480 e. The molecule has 6 nitrogen and oxygen atoms in total. The summed E-state index contributed by atoms with van der Waals surface area (Å²) in [6.45, 7) is 8.84. The molecular formula is C25H36N2O4. The monoisotopic (exact) mass is 428 g/mol. The van der Waals surface area contributed by atoms with Crippen molar-refractivity contribution < 1.29 is 19.4 Å². The van der Waals surface area contributed by atoms with Gasteiger partial charge in [-0.15, -0.1) is 0 Å². The number of rotatable bonds is 9. The Kier molecular flexibility index (Phi) is 10.9. The first-order valence-electron chi connectivity index (χ1n) is 10.5. The van der Waals surface area contributed by atoms with Crippen molar-refractivity contribution in [2.75, 3.05) is 6.61 Å². The van der Waals surface area contributed by atoms with Gasteiger partial charge in [0.05, 0.1) is 6.61 Å². The number of esters is 1. The second-order valence-corrected chi connectivity index (χ2v) is 8.68. The van der Waals surface area contributed by atoms with Gasteiger partial charge in [-0.1, -0.05) is 88.4 Å². The van der Waals surface area contributed by atoms with Crippen molar-refractivity contribution in [3.05, 3.63) is 71.8 Å². The summed E-state index contributed by atoms with van der Waals surface area (Å²) in [4.78, 5) is 22.2. The highest BCUT2D eigenvalue weighted by atomic mass is 16.5. The topological polar surface area (TPSA) is 116 Å². The quantitative estimate of drug-likeness (QED) is 0.527. The molecule has 2 aromatic rings. The highest BCUT2D eigenvalue weighted by Crippen LogP contribution is 2.26. The Labute approximate surface area is 185 Å². The number of carboxylic acid groups (broad SMARTS) is 1. The van der Waals surface area contributed by atoms with Crippen molar-refractivity contribution in [2.45, 2.75) is 52.6 Å². The normalized spacial score (nSPS) is 13.0. The molecule has 0 heterocycles. The van der Waals surface area contributed by atoms with E-state index in [2.05, 4.69) is 27.7 Å². The van der Waals surface area contributed by atoms with Crippen LogP contribution < -0.4 is 11.5 Å². The zero-order valence-electron chi connectivity index (χ0n) is 19.0. The van der Waals surface area contributed by atoms with Gasteiger partial charge in [0, 0.05) is 5.41 Å². The third-order valence-electron chi connectivity index (χ3n) is 5.37.